The van der Waals surface area contributed by atoms with E-state index in [4.69, 9.17) is 0 Å². The van der Waals surface area contributed by atoms with Crippen molar-refractivity contribution in [1.82, 2.24) is 5.32 Å². The van der Waals surface area contributed by atoms with Gasteiger partial charge >= 0.3 is 0 Å². The molecule has 0 saturated carbocycles. The van der Waals surface area contributed by atoms with E-state index in [9.17, 15) is 10.1 Å². The van der Waals surface area contributed by atoms with Gasteiger partial charge in [0.25, 0.3) is 0 Å². The predicted octanol–water partition coefficient (Wildman–Crippen LogP) is 0.651. The van der Waals surface area contributed by atoms with Gasteiger partial charge in [-0.25, -0.2) is 0 Å². The van der Waals surface area contributed by atoms with Crippen molar-refractivity contribution >= 4 is 0 Å². The number of nitro groups is 1. The molecule has 1 aliphatic heterocycles. The maximum atomic E-state index is 10.5. The molecule has 1 unspecified atom stereocenters. The van der Waals surface area contributed by atoms with E-state index in [2.05, 4.69) is 5.32 Å². The van der Waals surface area contributed by atoms with E-state index in [1.54, 1.807) is 0 Å². The molecule has 4 nitrogen and oxygen atoms in total. The van der Waals surface area contributed by atoms with Crippen LogP contribution in [0.3, 0.4) is 0 Å². The first kappa shape index (κ1) is 8.46. The van der Waals surface area contributed by atoms with Gasteiger partial charge in [0, 0.05) is 10.3 Å². The third kappa shape index (κ3) is 1.68. The van der Waals surface area contributed by atoms with Crippen LogP contribution in [0, 0.1) is 15.5 Å². The van der Waals surface area contributed by atoms with E-state index in [0.717, 1.165) is 13.0 Å². The lowest BCUT2D eigenvalue weighted by atomic mass is 9.79. The summed E-state index contributed by atoms with van der Waals surface area (Å²) in [4.78, 5) is 10.4. The molecule has 0 radical (unpaired) electrons. The molecular formula is C7H14N2O2. The van der Waals surface area contributed by atoms with Crippen LogP contribution in [0.2, 0.25) is 0 Å². The third-order valence-corrected chi connectivity index (χ3v) is 2.44. The van der Waals surface area contributed by atoms with Gasteiger partial charge in [0.2, 0.25) is 6.04 Å². The Labute approximate surface area is 66.1 Å². The summed E-state index contributed by atoms with van der Waals surface area (Å²) in [6, 6.07) is -0.420. The van der Waals surface area contributed by atoms with Gasteiger partial charge in [-0.1, -0.05) is 13.8 Å². The Morgan fingerprint density at radius 2 is 2.27 bits per heavy atom. The minimum atomic E-state index is -0.420. The molecule has 1 rings (SSSR count). The summed E-state index contributed by atoms with van der Waals surface area (Å²) in [6.45, 7) is 5.33. The van der Waals surface area contributed by atoms with Crippen molar-refractivity contribution in [3.05, 3.63) is 10.1 Å². The molecule has 64 valence electrons. The quantitative estimate of drug-likeness (QED) is 0.450. The first-order valence-electron chi connectivity index (χ1n) is 3.88. The smallest absolute Gasteiger partial charge is 0.230 e. The van der Waals surface area contributed by atoms with Gasteiger partial charge in [-0.05, 0) is 13.0 Å². The van der Waals surface area contributed by atoms with E-state index in [1.165, 1.54) is 0 Å². The molecule has 1 atom stereocenters. The maximum Gasteiger partial charge on any atom is 0.230 e. The second-order valence-corrected chi connectivity index (χ2v) is 3.74. The average Bonchev–Trinajstić information content (AvgIpc) is 1.85. The zero-order valence-electron chi connectivity index (χ0n) is 6.96. The molecule has 11 heavy (non-hydrogen) atoms. The summed E-state index contributed by atoms with van der Waals surface area (Å²) in [5.41, 5.74) is -0.144. The fraction of sp³-hybridized carbons (Fsp3) is 1.00. The van der Waals surface area contributed by atoms with E-state index >= 15 is 0 Å². The van der Waals surface area contributed by atoms with Crippen LogP contribution in [-0.2, 0) is 0 Å². The normalized spacial score (nSPS) is 29.8. The van der Waals surface area contributed by atoms with Crippen LogP contribution in [0.15, 0.2) is 0 Å². The molecule has 1 N–H and O–H groups in total. The number of hydrogen-bond acceptors (Lipinski definition) is 3. The molecule has 0 aromatic heterocycles. The van der Waals surface area contributed by atoms with Crippen LogP contribution >= 0.6 is 0 Å². The molecular weight excluding hydrogens is 144 g/mol. The molecule has 1 aliphatic rings. The molecule has 1 heterocycles. The molecule has 4 heteroatoms. The SMILES string of the molecule is CC1(C)CCNCC1[N+](=O)[O-]. The Balaban J connectivity index is 2.67. The number of nitrogens with one attached hydrogen (secondary N) is 1. The van der Waals surface area contributed by atoms with Gasteiger partial charge in [0.15, 0.2) is 0 Å². The van der Waals surface area contributed by atoms with Crippen molar-refractivity contribution in [3.63, 3.8) is 0 Å². The van der Waals surface area contributed by atoms with Crippen molar-refractivity contribution in [3.8, 4) is 0 Å². The van der Waals surface area contributed by atoms with Crippen LogP contribution < -0.4 is 5.32 Å². The summed E-state index contributed by atoms with van der Waals surface area (Å²) < 4.78 is 0. The van der Waals surface area contributed by atoms with Gasteiger partial charge in [-0.15, -0.1) is 0 Å². The highest BCUT2D eigenvalue weighted by molar-refractivity contribution is 4.84. The third-order valence-electron chi connectivity index (χ3n) is 2.44. The number of rotatable bonds is 1. The molecule has 0 aromatic rings. The molecule has 0 amide bonds. The monoisotopic (exact) mass is 158 g/mol. The summed E-state index contributed by atoms with van der Waals surface area (Å²) in [5.74, 6) is 0. The fourth-order valence-electron chi connectivity index (χ4n) is 1.45. The lowest BCUT2D eigenvalue weighted by molar-refractivity contribution is -0.541. The Bertz CT molecular complexity index is 168. The number of piperidine rings is 1. The summed E-state index contributed by atoms with van der Waals surface area (Å²) in [7, 11) is 0. The summed E-state index contributed by atoms with van der Waals surface area (Å²) in [5, 5.41) is 13.6. The second kappa shape index (κ2) is 2.77. The average molecular weight is 158 g/mol. The second-order valence-electron chi connectivity index (χ2n) is 3.74. The molecule has 0 bridgehead atoms. The molecule has 1 saturated heterocycles. The Morgan fingerprint density at radius 3 is 2.64 bits per heavy atom. The minimum absolute atomic E-state index is 0.144. The van der Waals surface area contributed by atoms with Crippen LogP contribution in [0.25, 0.3) is 0 Å². The zero-order chi connectivity index (χ0) is 8.48. The van der Waals surface area contributed by atoms with Gasteiger partial charge in [0.05, 0.1) is 6.54 Å². The van der Waals surface area contributed by atoms with E-state index in [-0.39, 0.29) is 10.3 Å². The van der Waals surface area contributed by atoms with E-state index in [1.807, 2.05) is 13.8 Å². The summed E-state index contributed by atoms with van der Waals surface area (Å²) >= 11 is 0. The van der Waals surface area contributed by atoms with Crippen molar-refractivity contribution in [2.45, 2.75) is 26.3 Å². The van der Waals surface area contributed by atoms with Crippen LogP contribution in [0.1, 0.15) is 20.3 Å². The molecule has 0 aromatic carbocycles. The van der Waals surface area contributed by atoms with Crippen molar-refractivity contribution in [2.24, 2.45) is 5.41 Å². The van der Waals surface area contributed by atoms with Crippen molar-refractivity contribution in [2.75, 3.05) is 13.1 Å². The highest BCUT2D eigenvalue weighted by Gasteiger charge is 2.40. The van der Waals surface area contributed by atoms with Gasteiger partial charge in [-0.3, -0.25) is 10.1 Å². The van der Waals surface area contributed by atoms with Crippen LogP contribution in [0.4, 0.5) is 0 Å². The summed E-state index contributed by atoms with van der Waals surface area (Å²) in [6.07, 6.45) is 0.888. The fourth-order valence-corrected chi connectivity index (χ4v) is 1.45. The van der Waals surface area contributed by atoms with Crippen LogP contribution in [-0.4, -0.2) is 24.1 Å². The van der Waals surface area contributed by atoms with Gasteiger partial charge in [0.1, 0.15) is 0 Å². The van der Waals surface area contributed by atoms with Crippen molar-refractivity contribution in [1.29, 1.82) is 0 Å². The largest absolute Gasteiger partial charge is 0.310 e. The van der Waals surface area contributed by atoms with Gasteiger partial charge in [-0.2, -0.15) is 0 Å². The lowest BCUT2D eigenvalue weighted by Gasteiger charge is -2.32. The topological polar surface area (TPSA) is 55.2 Å². The molecule has 0 aliphatic carbocycles. The Kier molecular flexibility index (Phi) is 2.13. The highest BCUT2D eigenvalue weighted by atomic mass is 16.6. The maximum absolute atomic E-state index is 10.5. The van der Waals surface area contributed by atoms with Crippen LogP contribution in [0.5, 0.6) is 0 Å². The highest BCUT2D eigenvalue weighted by Crippen LogP contribution is 2.28. The molecule has 0 spiro atoms. The lowest BCUT2D eigenvalue weighted by Crippen LogP contribution is -2.49. The van der Waals surface area contributed by atoms with Gasteiger partial charge < -0.3 is 5.32 Å². The number of hydrogen-bond donors (Lipinski definition) is 1. The first-order chi connectivity index (χ1) is 5.04. The van der Waals surface area contributed by atoms with E-state index < -0.39 is 6.04 Å². The zero-order valence-corrected chi connectivity index (χ0v) is 6.96. The Hall–Kier alpha value is -0.640. The Morgan fingerprint density at radius 1 is 1.64 bits per heavy atom. The first-order valence-corrected chi connectivity index (χ1v) is 3.88. The predicted molar refractivity (Wildman–Crippen MR) is 42.1 cm³/mol. The minimum Gasteiger partial charge on any atom is -0.310 e. The standard InChI is InChI=1S/C7H14N2O2/c1-7(2)3-4-8-5-6(7)9(10)11/h6,8H,3-5H2,1-2H3. The number of nitrogens with zero attached hydrogens (tertiary/aromatic N) is 1. The van der Waals surface area contributed by atoms with E-state index in [0.29, 0.717) is 6.54 Å². The van der Waals surface area contributed by atoms with Crippen molar-refractivity contribution < 1.29 is 4.92 Å². The molecule has 1 fully saturated rings.